The van der Waals surface area contributed by atoms with Crippen LogP contribution in [-0.2, 0) is 13.1 Å². The summed E-state index contributed by atoms with van der Waals surface area (Å²) in [4.78, 5) is 14.0. The summed E-state index contributed by atoms with van der Waals surface area (Å²) in [6.45, 7) is 6.94. The Kier molecular flexibility index (Phi) is 5.64. The topological polar surface area (TPSA) is 70.3 Å². The van der Waals surface area contributed by atoms with Gasteiger partial charge in [0, 0.05) is 62.4 Å². The molecule has 0 bridgehead atoms. The summed E-state index contributed by atoms with van der Waals surface area (Å²) >= 11 is 0. The lowest BCUT2D eigenvalue weighted by Gasteiger charge is -2.35. The Bertz CT molecular complexity index is 887. The minimum Gasteiger partial charge on any atom is -0.391 e. The molecular formula is C21H26N6O. The lowest BCUT2D eigenvalue weighted by atomic mass is 10.1. The third-order valence-corrected chi connectivity index (χ3v) is 4.94. The fraction of sp³-hybridized carbons (Fsp3) is 0.381. The average molecular weight is 378 g/mol. The van der Waals surface area contributed by atoms with Gasteiger partial charge in [0.05, 0.1) is 18.8 Å². The Morgan fingerprint density at radius 1 is 1.04 bits per heavy atom. The normalized spacial score (nSPS) is 16.3. The highest BCUT2D eigenvalue weighted by molar-refractivity contribution is 5.71. The van der Waals surface area contributed by atoms with Gasteiger partial charge in [0.25, 0.3) is 0 Å². The molecule has 1 N–H and O–H groups in total. The molecule has 1 saturated heterocycles. The second-order valence-electron chi connectivity index (χ2n) is 7.28. The highest BCUT2D eigenvalue weighted by Crippen LogP contribution is 2.27. The van der Waals surface area contributed by atoms with Gasteiger partial charge in [-0.2, -0.15) is 5.10 Å². The van der Waals surface area contributed by atoms with Crippen molar-refractivity contribution in [1.29, 1.82) is 0 Å². The van der Waals surface area contributed by atoms with Gasteiger partial charge in [0.1, 0.15) is 5.69 Å². The summed E-state index contributed by atoms with van der Waals surface area (Å²) < 4.78 is 1.81. The van der Waals surface area contributed by atoms with Gasteiger partial charge in [-0.25, -0.2) is 4.98 Å². The minimum absolute atomic E-state index is 0.387. The van der Waals surface area contributed by atoms with Gasteiger partial charge in [-0.3, -0.25) is 14.6 Å². The molecule has 1 aliphatic rings. The van der Waals surface area contributed by atoms with Crippen molar-refractivity contribution in [2.45, 2.75) is 26.1 Å². The average Bonchev–Trinajstić information content (AvgIpc) is 3.15. The predicted molar refractivity (Wildman–Crippen MR) is 109 cm³/mol. The Morgan fingerprint density at radius 3 is 2.54 bits per heavy atom. The lowest BCUT2D eigenvalue weighted by molar-refractivity contribution is 0.168. The molecule has 3 heterocycles. The first-order chi connectivity index (χ1) is 13.7. The van der Waals surface area contributed by atoms with Crippen LogP contribution in [0.1, 0.15) is 12.5 Å². The number of aromatic nitrogens is 4. The molecular weight excluding hydrogens is 352 g/mol. The number of nitrogens with zero attached hydrogens (tertiary/aromatic N) is 6. The summed E-state index contributed by atoms with van der Waals surface area (Å²) in [5.74, 6) is 0.957. The maximum atomic E-state index is 9.49. The van der Waals surface area contributed by atoms with Crippen LogP contribution in [0.2, 0.25) is 0 Å². The highest BCUT2D eigenvalue weighted by Gasteiger charge is 2.21. The second kappa shape index (κ2) is 8.50. The first-order valence-corrected chi connectivity index (χ1v) is 9.72. The summed E-state index contributed by atoms with van der Waals surface area (Å²) in [5.41, 5.74) is 3.22. The molecule has 0 saturated carbocycles. The van der Waals surface area contributed by atoms with E-state index in [-0.39, 0.29) is 6.10 Å². The number of anilines is 1. The summed E-state index contributed by atoms with van der Waals surface area (Å²) in [6, 6.07) is 10.2. The molecule has 7 nitrogen and oxygen atoms in total. The molecule has 3 aromatic rings. The summed E-state index contributed by atoms with van der Waals surface area (Å²) in [6.07, 6.45) is 7.06. The largest absolute Gasteiger partial charge is 0.391 e. The van der Waals surface area contributed by atoms with Crippen LogP contribution in [0, 0.1) is 0 Å². The smallest absolute Gasteiger partial charge is 0.155 e. The van der Waals surface area contributed by atoms with Gasteiger partial charge in [0.15, 0.2) is 5.82 Å². The van der Waals surface area contributed by atoms with E-state index in [0.29, 0.717) is 6.54 Å². The van der Waals surface area contributed by atoms with Gasteiger partial charge >= 0.3 is 0 Å². The summed E-state index contributed by atoms with van der Waals surface area (Å²) in [7, 11) is 0. The quantitative estimate of drug-likeness (QED) is 0.708. The van der Waals surface area contributed by atoms with Gasteiger partial charge in [-0.1, -0.05) is 30.3 Å². The number of rotatable bonds is 6. The lowest BCUT2D eigenvalue weighted by Crippen LogP contribution is -2.46. The number of benzene rings is 1. The Hall–Kier alpha value is -2.77. The maximum absolute atomic E-state index is 9.49. The van der Waals surface area contributed by atoms with E-state index < -0.39 is 0 Å². The van der Waals surface area contributed by atoms with Crippen molar-refractivity contribution in [3.8, 4) is 11.3 Å². The van der Waals surface area contributed by atoms with E-state index in [4.69, 9.17) is 0 Å². The molecule has 0 aliphatic carbocycles. The van der Waals surface area contributed by atoms with Crippen LogP contribution in [-0.4, -0.2) is 62.0 Å². The zero-order chi connectivity index (χ0) is 19.3. The Labute approximate surface area is 165 Å². The van der Waals surface area contributed by atoms with E-state index in [0.717, 1.165) is 49.8 Å². The number of piperazine rings is 1. The number of aliphatic hydroxyl groups excluding tert-OH is 1. The minimum atomic E-state index is -0.387. The molecule has 0 radical (unpaired) electrons. The van der Waals surface area contributed by atoms with E-state index in [1.54, 1.807) is 19.3 Å². The molecule has 0 spiro atoms. The molecule has 28 heavy (non-hydrogen) atoms. The van der Waals surface area contributed by atoms with Crippen LogP contribution < -0.4 is 4.90 Å². The molecule has 4 rings (SSSR count). The van der Waals surface area contributed by atoms with E-state index in [2.05, 4.69) is 37.0 Å². The van der Waals surface area contributed by atoms with Crippen LogP contribution in [0.15, 0.2) is 55.1 Å². The number of hydrogen-bond donors (Lipinski definition) is 1. The Morgan fingerprint density at radius 2 is 1.79 bits per heavy atom. The molecule has 7 heteroatoms. The van der Waals surface area contributed by atoms with Crippen LogP contribution in [0.3, 0.4) is 0 Å². The molecule has 1 aromatic carbocycles. The predicted octanol–water partition coefficient (Wildman–Crippen LogP) is 2.04. The molecule has 1 fully saturated rings. The fourth-order valence-electron chi connectivity index (χ4n) is 3.60. The van der Waals surface area contributed by atoms with E-state index >= 15 is 0 Å². The van der Waals surface area contributed by atoms with E-state index in [9.17, 15) is 5.11 Å². The SMILES string of the molecule is C[C@@H](O)Cn1cc(CN2CCN(c3nccnc3-c3ccccc3)CC2)cn1. The van der Waals surface area contributed by atoms with E-state index in [1.807, 2.05) is 35.3 Å². The van der Waals surface area contributed by atoms with Crippen LogP contribution >= 0.6 is 0 Å². The van der Waals surface area contributed by atoms with Crippen molar-refractivity contribution >= 4 is 5.82 Å². The number of aliphatic hydroxyl groups is 1. The Balaban J connectivity index is 1.39. The van der Waals surface area contributed by atoms with Gasteiger partial charge in [0.2, 0.25) is 0 Å². The van der Waals surface area contributed by atoms with E-state index in [1.165, 1.54) is 5.56 Å². The van der Waals surface area contributed by atoms with Gasteiger partial charge < -0.3 is 10.0 Å². The molecule has 0 amide bonds. The van der Waals surface area contributed by atoms with Gasteiger partial charge in [-0.05, 0) is 6.92 Å². The zero-order valence-corrected chi connectivity index (χ0v) is 16.1. The fourth-order valence-corrected chi connectivity index (χ4v) is 3.60. The third kappa shape index (κ3) is 4.37. The van der Waals surface area contributed by atoms with Crippen LogP contribution in [0.4, 0.5) is 5.82 Å². The zero-order valence-electron chi connectivity index (χ0n) is 16.1. The van der Waals surface area contributed by atoms with Gasteiger partial charge in [-0.15, -0.1) is 0 Å². The van der Waals surface area contributed by atoms with Crippen LogP contribution in [0.25, 0.3) is 11.3 Å². The molecule has 2 aromatic heterocycles. The van der Waals surface area contributed by atoms with Crippen LogP contribution in [0.5, 0.6) is 0 Å². The monoisotopic (exact) mass is 378 g/mol. The standard InChI is InChI=1S/C21H26N6O/c1-17(28)14-27-16-18(13-24-27)15-25-9-11-26(12-10-25)21-20(22-7-8-23-21)19-5-3-2-4-6-19/h2-8,13,16-17,28H,9-12,14-15H2,1H3/t17-/m1/s1. The van der Waals surface area contributed by atoms with Crippen molar-refractivity contribution in [3.05, 3.63) is 60.7 Å². The van der Waals surface area contributed by atoms with Crippen molar-refractivity contribution in [2.24, 2.45) is 0 Å². The highest BCUT2D eigenvalue weighted by atomic mass is 16.3. The van der Waals surface area contributed by atoms with Crippen molar-refractivity contribution in [2.75, 3.05) is 31.1 Å². The molecule has 1 atom stereocenters. The first-order valence-electron chi connectivity index (χ1n) is 9.72. The maximum Gasteiger partial charge on any atom is 0.155 e. The van der Waals surface area contributed by atoms with Crippen molar-refractivity contribution in [3.63, 3.8) is 0 Å². The molecule has 1 aliphatic heterocycles. The third-order valence-electron chi connectivity index (χ3n) is 4.94. The van der Waals surface area contributed by atoms with Crippen molar-refractivity contribution < 1.29 is 5.11 Å². The molecule has 146 valence electrons. The summed E-state index contributed by atoms with van der Waals surface area (Å²) in [5, 5.41) is 13.8. The van der Waals surface area contributed by atoms with Crippen molar-refractivity contribution in [1.82, 2.24) is 24.6 Å². The second-order valence-corrected chi connectivity index (χ2v) is 7.28. The number of hydrogen-bond acceptors (Lipinski definition) is 6. The first kappa shape index (κ1) is 18.6. The molecule has 0 unspecified atom stereocenters.